The number of aliphatic imine (C=N–C) groups is 1. The quantitative estimate of drug-likeness (QED) is 0.380. The average molecular weight is 511 g/mol. The van der Waals surface area contributed by atoms with Gasteiger partial charge in [-0.2, -0.15) is 0 Å². The van der Waals surface area contributed by atoms with Crippen LogP contribution in [0.4, 0.5) is 5.69 Å². The highest BCUT2D eigenvalue weighted by Gasteiger charge is 2.25. The number of furan rings is 1. The molecule has 1 aromatic carbocycles. The van der Waals surface area contributed by atoms with Gasteiger partial charge in [-0.1, -0.05) is 12.1 Å². The monoisotopic (exact) mass is 511 g/mol. The van der Waals surface area contributed by atoms with Crippen LogP contribution >= 0.6 is 24.0 Å². The van der Waals surface area contributed by atoms with E-state index in [-0.39, 0.29) is 29.9 Å². The molecule has 1 amide bonds. The second kappa shape index (κ2) is 11.1. The van der Waals surface area contributed by atoms with E-state index < -0.39 is 0 Å². The molecule has 2 aromatic rings. The lowest BCUT2D eigenvalue weighted by molar-refractivity contribution is 0.0657. The first-order valence-electron chi connectivity index (χ1n) is 9.70. The van der Waals surface area contributed by atoms with Crippen molar-refractivity contribution in [3.8, 4) is 0 Å². The first-order valence-corrected chi connectivity index (χ1v) is 9.70. The SMILES string of the molecule is CCNC(=NCc1ccc(N(C)C)cc1)N1CCN(C(=O)c2ccco2)CC1.I. The van der Waals surface area contributed by atoms with Crippen molar-refractivity contribution >= 4 is 41.5 Å². The van der Waals surface area contributed by atoms with Crippen LogP contribution in [0.3, 0.4) is 0 Å². The van der Waals surface area contributed by atoms with E-state index in [9.17, 15) is 4.79 Å². The maximum atomic E-state index is 12.4. The molecule has 1 fully saturated rings. The Hall–Kier alpha value is -2.23. The normalized spacial score (nSPS) is 14.4. The number of benzene rings is 1. The second-order valence-corrected chi connectivity index (χ2v) is 6.99. The number of guanidine groups is 1. The van der Waals surface area contributed by atoms with Gasteiger partial charge in [-0.05, 0) is 36.8 Å². The fourth-order valence-electron chi connectivity index (χ4n) is 3.17. The van der Waals surface area contributed by atoms with Crippen molar-refractivity contribution < 1.29 is 9.21 Å². The van der Waals surface area contributed by atoms with Crippen LogP contribution in [0.15, 0.2) is 52.1 Å². The van der Waals surface area contributed by atoms with Gasteiger partial charge in [0.15, 0.2) is 11.7 Å². The summed E-state index contributed by atoms with van der Waals surface area (Å²) in [6.07, 6.45) is 1.53. The molecular formula is C21H30IN5O2. The van der Waals surface area contributed by atoms with Gasteiger partial charge in [-0.15, -0.1) is 24.0 Å². The standard InChI is InChI=1S/C21H29N5O2.HI/c1-4-22-21(23-16-17-7-9-18(10-8-17)24(2)3)26-13-11-25(12-14-26)20(27)19-6-5-15-28-19;/h5-10,15H,4,11-14,16H2,1-3H3,(H,22,23);1H. The van der Waals surface area contributed by atoms with E-state index in [1.54, 1.807) is 12.1 Å². The van der Waals surface area contributed by atoms with E-state index in [0.717, 1.165) is 25.6 Å². The van der Waals surface area contributed by atoms with E-state index >= 15 is 0 Å². The van der Waals surface area contributed by atoms with E-state index in [0.29, 0.717) is 25.4 Å². The molecule has 1 aliphatic rings. The van der Waals surface area contributed by atoms with Gasteiger partial charge in [0, 0.05) is 52.5 Å². The Morgan fingerprint density at radius 2 is 1.76 bits per heavy atom. The molecule has 0 spiro atoms. The minimum absolute atomic E-state index is 0. The van der Waals surface area contributed by atoms with Gasteiger partial charge < -0.3 is 24.4 Å². The van der Waals surface area contributed by atoms with Gasteiger partial charge in [-0.25, -0.2) is 4.99 Å². The van der Waals surface area contributed by atoms with Crippen molar-refractivity contribution in [2.24, 2.45) is 4.99 Å². The van der Waals surface area contributed by atoms with Crippen LogP contribution in [0, 0.1) is 0 Å². The van der Waals surface area contributed by atoms with E-state index in [1.165, 1.54) is 17.5 Å². The Balaban J connectivity index is 0.00000300. The largest absolute Gasteiger partial charge is 0.459 e. The third-order valence-electron chi connectivity index (χ3n) is 4.80. The molecule has 0 radical (unpaired) electrons. The van der Waals surface area contributed by atoms with Gasteiger partial charge in [0.05, 0.1) is 12.8 Å². The summed E-state index contributed by atoms with van der Waals surface area (Å²) >= 11 is 0. The molecule has 0 aliphatic carbocycles. The minimum atomic E-state index is -0.0485. The highest BCUT2D eigenvalue weighted by atomic mass is 127. The molecular weight excluding hydrogens is 481 g/mol. The lowest BCUT2D eigenvalue weighted by Crippen LogP contribution is -2.53. The van der Waals surface area contributed by atoms with Crippen molar-refractivity contribution in [1.82, 2.24) is 15.1 Å². The second-order valence-electron chi connectivity index (χ2n) is 6.99. The van der Waals surface area contributed by atoms with Gasteiger partial charge in [0.2, 0.25) is 0 Å². The predicted molar refractivity (Wildman–Crippen MR) is 127 cm³/mol. The number of rotatable bonds is 5. The lowest BCUT2D eigenvalue weighted by Gasteiger charge is -2.36. The number of piperazine rings is 1. The topological polar surface area (TPSA) is 64.3 Å². The predicted octanol–water partition coefficient (Wildman–Crippen LogP) is 2.89. The Kier molecular flexibility index (Phi) is 8.81. The molecule has 158 valence electrons. The van der Waals surface area contributed by atoms with Crippen molar-refractivity contribution in [1.29, 1.82) is 0 Å². The third kappa shape index (κ3) is 6.12. The Morgan fingerprint density at radius 3 is 2.31 bits per heavy atom. The van der Waals surface area contributed by atoms with Crippen LogP contribution in [-0.2, 0) is 6.54 Å². The Morgan fingerprint density at radius 1 is 1.10 bits per heavy atom. The van der Waals surface area contributed by atoms with Gasteiger partial charge in [-0.3, -0.25) is 4.79 Å². The lowest BCUT2D eigenvalue weighted by atomic mass is 10.2. The number of nitrogens with zero attached hydrogens (tertiary/aromatic N) is 4. The highest BCUT2D eigenvalue weighted by molar-refractivity contribution is 14.0. The molecule has 3 rings (SSSR count). The van der Waals surface area contributed by atoms with Gasteiger partial charge in [0.25, 0.3) is 5.91 Å². The van der Waals surface area contributed by atoms with Crippen LogP contribution in [0.5, 0.6) is 0 Å². The van der Waals surface area contributed by atoms with E-state index in [1.807, 2.05) is 19.0 Å². The Bertz CT molecular complexity index is 782. The number of anilines is 1. The molecule has 1 N–H and O–H groups in total. The zero-order valence-electron chi connectivity index (χ0n) is 17.3. The van der Waals surface area contributed by atoms with E-state index in [2.05, 4.69) is 46.3 Å². The number of nitrogens with one attached hydrogen (secondary N) is 1. The van der Waals surface area contributed by atoms with Crippen LogP contribution in [0.2, 0.25) is 0 Å². The van der Waals surface area contributed by atoms with Crippen molar-refractivity contribution in [2.45, 2.75) is 13.5 Å². The average Bonchev–Trinajstić information content (AvgIpc) is 3.26. The molecule has 0 unspecified atom stereocenters. The first-order chi connectivity index (χ1) is 13.6. The number of hydrogen-bond donors (Lipinski definition) is 1. The number of amides is 1. The van der Waals surface area contributed by atoms with Crippen molar-refractivity contribution in [2.75, 3.05) is 51.7 Å². The Labute approximate surface area is 189 Å². The molecule has 1 aliphatic heterocycles. The zero-order valence-corrected chi connectivity index (χ0v) is 19.6. The molecule has 0 saturated carbocycles. The molecule has 7 nitrogen and oxygen atoms in total. The first kappa shape index (κ1) is 23.1. The van der Waals surface area contributed by atoms with Crippen LogP contribution < -0.4 is 10.2 Å². The van der Waals surface area contributed by atoms with Crippen LogP contribution in [0.1, 0.15) is 23.0 Å². The number of halogens is 1. The summed E-state index contributed by atoms with van der Waals surface area (Å²) in [6.45, 7) is 6.31. The molecule has 1 aromatic heterocycles. The van der Waals surface area contributed by atoms with E-state index in [4.69, 9.17) is 9.41 Å². The molecule has 2 heterocycles. The maximum Gasteiger partial charge on any atom is 0.289 e. The summed E-state index contributed by atoms with van der Waals surface area (Å²) in [6, 6.07) is 11.9. The summed E-state index contributed by atoms with van der Waals surface area (Å²) in [5.74, 6) is 1.24. The molecule has 8 heteroatoms. The minimum Gasteiger partial charge on any atom is -0.459 e. The number of hydrogen-bond acceptors (Lipinski definition) is 4. The third-order valence-corrected chi connectivity index (χ3v) is 4.80. The summed E-state index contributed by atoms with van der Waals surface area (Å²) in [5, 5.41) is 3.37. The number of carbonyl (C=O) groups excluding carboxylic acids is 1. The molecule has 1 saturated heterocycles. The molecule has 0 atom stereocenters. The van der Waals surface area contributed by atoms with Gasteiger partial charge in [0.1, 0.15) is 0 Å². The van der Waals surface area contributed by atoms with Gasteiger partial charge >= 0.3 is 0 Å². The summed E-state index contributed by atoms with van der Waals surface area (Å²) < 4.78 is 5.23. The fourth-order valence-corrected chi connectivity index (χ4v) is 3.17. The fraction of sp³-hybridized carbons (Fsp3) is 0.429. The van der Waals surface area contributed by atoms with Crippen molar-refractivity contribution in [3.63, 3.8) is 0 Å². The molecule has 29 heavy (non-hydrogen) atoms. The summed E-state index contributed by atoms with van der Waals surface area (Å²) in [7, 11) is 4.07. The summed E-state index contributed by atoms with van der Waals surface area (Å²) in [4.78, 5) is 23.3. The van der Waals surface area contributed by atoms with Crippen LogP contribution in [0.25, 0.3) is 0 Å². The highest BCUT2D eigenvalue weighted by Crippen LogP contribution is 2.14. The molecule has 0 bridgehead atoms. The number of carbonyl (C=O) groups is 1. The summed E-state index contributed by atoms with van der Waals surface area (Å²) in [5.41, 5.74) is 2.35. The van der Waals surface area contributed by atoms with Crippen LogP contribution in [-0.4, -0.2) is 68.5 Å². The zero-order chi connectivity index (χ0) is 19.9. The maximum absolute atomic E-state index is 12.4. The van der Waals surface area contributed by atoms with Crippen molar-refractivity contribution in [3.05, 3.63) is 54.0 Å². The smallest absolute Gasteiger partial charge is 0.289 e.